The summed E-state index contributed by atoms with van der Waals surface area (Å²) in [7, 11) is 4.51. The van der Waals surface area contributed by atoms with E-state index in [4.69, 9.17) is 14.2 Å². The van der Waals surface area contributed by atoms with Crippen molar-refractivity contribution in [3.05, 3.63) is 29.8 Å². The van der Waals surface area contributed by atoms with Crippen molar-refractivity contribution in [3.63, 3.8) is 0 Å². The van der Waals surface area contributed by atoms with Crippen LogP contribution in [0.15, 0.2) is 24.3 Å². The van der Waals surface area contributed by atoms with Gasteiger partial charge in [-0.05, 0) is 12.8 Å². The van der Waals surface area contributed by atoms with Crippen LogP contribution in [0.25, 0.3) is 10.8 Å². The summed E-state index contributed by atoms with van der Waals surface area (Å²) in [6.45, 7) is 2.14. The van der Waals surface area contributed by atoms with Crippen molar-refractivity contribution in [2.75, 3.05) is 21.2 Å². The highest BCUT2D eigenvalue weighted by molar-refractivity contribution is 5.99. The minimum absolute atomic E-state index is 0.312. The first-order chi connectivity index (χ1) is 13.6. The molecule has 7 heteroatoms. The molecule has 0 saturated carbocycles. The third-order valence-corrected chi connectivity index (χ3v) is 4.45. The summed E-state index contributed by atoms with van der Waals surface area (Å²) in [4.78, 5) is 23.9. The molecule has 2 aromatic rings. The highest BCUT2D eigenvalue weighted by atomic mass is 16.6. The Hall–Kier alpha value is -2.96. The highest BCUT2D eigenvalue weighted by Crippen LogP contribution is 2.46. The van der Waals surface area contributed by atoms with Crippen molar-refractivity contribution in [2.45, 2.75) is 39.0 Å². The minimum atomic E-state index is -0.597. The van der Waals surface area contributed by atoms with Gasteiger partial charge in [0.15, 0.2) is 11.5 Å². The maximum Gasteiger partial charge on any atom is 0.412 e. The molecular weight excluding hydrogens is 360 g/mol. The Balaban J connectivity index is 2.68. The summed E-state index contributed by atoms with van der Waals surface area (Å²) in [5, 5.41) is 6.23. The van der Waals surface area contributed by atoms with Gasteiger partial charge in [0.05, 0.1) is 7.11 Å². The molecule has 0 aromatic heterocycles. The summed E-state index contributed by atoms with van der Waals surface area (Å²) < 4.78 is 16.8. The number of unbranched alkanes of at least 4 members (excludes halogenated alkanes) is 3. The molecule has 0 saturated heterocycles. The molecule has 0 aliphatic rings. The summed E-state index contributed by atoms with van der Waals surface area (Å²) in [5.41, 5.74) is 0.708. The quantitative estimate of drug-likeness (QED) is 0.654. The standard InChI is InChI=1S/C21H28N2O5/c1-5-6-7-8-13-16-17(27-20(24)22-2)14-11-9-10-12-15(14)19(18(16)26-4)28-21(25)23-3/h9-12H,5-8,13H2,1-4H3,(H,22,24)(H,23,25). The van der Waals surface area contributed by atoms with Gasteiger partial charge in [-0.15, -0.1) is 0 Å². The third-order valence-electron chi connectivity index (χ3n) is 4.45. The number of nitrogens with one attached hydrogen (secondary N) is 2. The fourth-order valence-corrected chi connectivity index (χ4v) is 3.08. The Morgan fingerprint density at radius 1 is 0.857 bits per heavy atom. The molecule has 0 atom stereocenters. The molecule has 2 amide bonds. The smallest absolute Gasteiger partial charge is 0.412 e. The second-order valence-corrected chi connectivity index (χ2v) is 6.31. The van der Waals surface area contributed by atoms with Crippen molar-refractivity contribution >= 4 is 23.0 Å². The molecule has 0 unspecified atom stereocenters. The number of rotatable bonds is 8. The Labute approximate surface area is 165 Å². The minimum Gasteiger partial charge on any atom is -0.492 e. The molecule has 0 heterocycles. The molecule has 2 aromatic carbocycles. The van der Waals surface area contributed by atoms with Gasteiger partial charge in [-0.1, -0.05) is 50.5 Å². The molecule has 0 radical (unpaired) electrons. The van der Waals surface area contributed by atoms with E-state index in [1.807, 2.05) is 18.2 Å². The van der Waals surface area contributed by atoms with Gasteiger partial charge >= 0.3 is 12.2 Å². The average molecular weight is 388 g/mol. The van der Waals surface area contributed by atoms with E-state index in [1.165, 1.54) is 21.2 Å². The van der Waals surface area contributed by atoms with Crippen LogP contribution in [0.5, 0.6) is 17.2 Å². The molecule has 2 N–H and O–H groups in total. The van der Waals surface area contributed by atoms with Gasteiger partial charge in [0, 0.05) is 30.4 Å². The molecule has 28 heavy (non-hydrogen) atoms. The van der Waals surface area contributed by atoms with Gasteiger partial charge in [-0.3, -0.25) is 0 Å². The SMILES string of the molecule is CCCCCCc1c(OC)c(OC(=O)NC)c2ccccc2c1OC(=O)NC. The lowest BCUT2D eigenvalue weighted by atomic mass is 9.98. The first kappa shape index (κ1) is 21.3. The van der Waals surface area contributed by atoms with Gasteiger partial charge in [0.2, 0.25) is 0 Å². The third kappa shape index (κ3) is 4.85. The number of benzene rings is 2. The van der Waals surface area contributed by atoms with Crippen molar-refractivity contribution in [3.8, 4) is 17.2 Å². The second-order valence-electron chi connectivity index (χ2n) is 6.31. The van der Waals surface area contributed by atoms with E-state index in [2.05, 4.69) is 17.6 Å². The molecule has 0 aliphatic carbocycles. The second kappa shape index (κ2) is 10.4. The first-order valence-electron chi connectivity index (χ1n) is 9.48. The summed E-state index contributed by atoms with van der Waals surface area (Å²) in [6, 6.07) is 7.30. The fraction of sp³-hybridized carbons (Fsp3) is 0.429. The Kier molecular flexibility index (Phi) is 7.92. The maximum absolute atomic E-state index is 12.0. The van der Waals surface area contributed by atoms with Gasteiger partial charge in [-0.2, -0.15) is 0 Å². The van der Waals surface area contributed by atoms with Crippen molar-refractivity contribution in [2.24, 2.45) is 0 Å². The molecule has 0 fully saturated rings. The number of hydrogen-bond donors (Lipinski definition) is 2. The van der Waals surface area contributed by atoms with Crippen molar-refractivity contribution in [1.29, 1.82) is 0 Å². The van der Waals surface area contributed by atoms with Crippen LogP contribution in [-0.4, -0.2) is 33.4 Å². The van der Waals surface area contributed by atoms with Crippen LogP contribution >= 0.6 is 0 Å². The van der Waals surface area contributed by atoms with E-state index >= 15 is 0 Å². The lowest BCUT2D eigenvalue weighted by molar-refractivity contribution is 0.199. The summed E-state index contributed by atoms with van der Waals surface area (Å²) in [5.74, 6) is 1.14. The Bertz CT molecular complexity index is 835. The van der Waals surface area contributed by atoms with E-state index in [9.17, 15) is 9.59 Å². The molecule has 0 aliphatic heterocycles. The molecule has 7 nitrogen and oxygen atoms in total. The average Bonchev–Trinajstić information content (AvgIpc) is 2.72. The zero-order valence-electron chi connectivity index (χ0n) is 16.9. The molecule has 0 bridgehead atoms. The van der Waals surface area contributed by atoms with Crippen LogP contribution in [0, 0.1) is 0 Å². The number of ether oxygens (including phenoxy) is 3. The van der Waals surface area contributed by atoms with Crippen molar-refractivity contribution in [1.82, 2.24) is 10.6 Å². The fourth-order valence-electron chi connectivity index (χ4n) is 3.08. The van der Waals surface area contributed by atoms with Crippen LogP contribution in [0.4, 0.5) is 9.59 Å². The number of amides is 2. The number of methoxy groups -OCH3 is 1. The van der Waals surface area contributed by atoms with E-state index < -0.39 is 12.2 Å². The van der Waals surface area contributed by atoms with Crippen LogP contribution < -0.4 is 24.8 Å². The zero-order valence-corrected chi connectivity index (χ0v) is 16.9. The largest absolute Gasteiger partial charge is 0.492 e. The van der Waals surface area contributed by atoms with Crippen LogP contribution in [-0.2, 0) is 6.42 Å². The first-order valence-corrected chi connectivity index (χ1v) is 9.48. The van der Waals surface area contributed by atoms with E-state index in [-0.39, 0.29) is 0 Å². The van der Waals surface area contributed by atoms with Crippen LogP contribution in [0.2, 0.25) is 0 Å². The molecule has 152 valence electrons. The molecule has 0 spiro atoms. The Morgan fingerprint density at radius 3 is 1.96 bits per heavy atom. The van der Waals surface area contributed by atoms with Crippen LogP contribution in [0.3, 0.4) is 0 Å². The van der Waals surface area contributed by atoms with Gasteiger partial charge in [0.25, 0.3) is 0 Å². The van der Waals surface area contributed by atoms with Crippen LogP contribution in [0.1, 0.15) is 38.2 Å². The van der Waals surface area contributed by atoms with Gasteiger partial charge in [-0.25, -0.2) is 9.59 Å². The number of hydrogen-bond acceptors (Lipinski definition) is 5. The molecular formula is C21H28N2O5. The van der Waals surface area contributed by atoms with E-state index in [1.54, 1.807) is 6.07 Å². The highest BCUT2D eigenvalue weighted by Gasteiger charge is 2.25. The van der Waals surface area contributed by atoms with Gasteiger partial charge in [0.1, 0.15) is 5.75 Å². The lowest BCUT2D eigenvalue weighted by Crippen LogP contribution is -2.24. The molecule has 2 rings (SSSR count). The summed E-state index contributed by atoms with van der Waals surface area (Å²) >= 11 is 0. The monoisotopic (exact) mass is 388 g/mol. The van der Waals surface area contributed by atoms with Gasteiger partial charge < -0.3 is 24.8 Å². The topological polar surface area (TPSA) is 85.9 Å². The predicted molar refractivity (Wildman–Crippen MR) is 109 cm³/mol. The number of carbonyl (C=O) groups excluding carboxylic acids is 2. The Morgan fingerprint density at radius 2 is 1.43 bits per heavy atom. The lowest BCUT2D eigenvalue weighted by Gasteiger charge is -2.20. The van der Waals surface area contributed by atoms with E-state index in [0.717, 1.165) is 25.7 Å². The predicted octanol–water partition coefficient (Wildman–Crippen LogP) is 4.41. The van der Waals surface area contributed by atoms with Crippen molar-refractivity contribution < 1.29 is 23.8 Å². The maximum atomic E-state index is 12.0. The normalized spacial score (nSPS) is 10.4. The zero-order chi connectivity index (χ0) is 20.5. The number of carbonyl (C=O) groups is 2. The number of fused-ring (bicyclic) bond motifs is 1. The van der Waals surface area contributed by atoms with E-state index in [0.29, 0.717) is 40.0 Å². The summed E-state index contributed by atoms with van der Waals surface area (Å²) in [6.07, 6.45) is 3.63.